The third kappa shape index (κ3) is 5.16. The number of carbonyl (C=O) groups excluding carboxylic acids is 1. The molecular weight excluding hydrogens is 376 g/mol. The fourth-order valence-corrected chi connectivity index (χ4v) is 2.54. The fraction of sp³-hybridized carbons (Fsp3) is 0.182. The Morgan fingerprint density at radius 3 is 2.34 bits per heavy atom. The zero-order valence-electron chi connectivity index (χ0n) is 16.0. The van der Waals surface area contributed by atoms with E-state index in [4.69, 9.17) is 23.4 Å². The summed E-state index contributed by atoms with van der Waals surface area (Å²) in [7, 11) is 2.98. The molecule has 0 aliphatic heterocycles. The summed E-state index contributed by atoms with van der Waals surface area (Å²) in [5, 5.41) is 0. The highest BCUT2D eigenvalue weighted by Gasteiger charge is 2.13. The first-order valence-electron chi connectivity index (χ1n) is 8.78. The van der Waals surface area contributed by atoms with E-state index in [1.807, 2.05) is 30.3 Å². The van der Waals surface area contributed by atoms with Crippen LogP contribution in [0.25, 0.3) is 0 Å². The Morgan fingerprint density at radius 2 is 1.66 bits per heavy atom. The quantitative estimate of drug-likeness (QED) is 0.538. The molecule has 0 aliphatic carbocycles. The molecular formula is C22H20O7. The minimum atomic E-state index is -0.585. The first-order valence-corrected chi connectivity index (χ1v) is 8.78. The van der Waals surface area contributed by atoms with Crippen LogP contribution in [0.2, 0.25) is 0 Å². The average Bonchev–Trinajstić information content (AvgIpc) is 2.77. The molecule has 0 fully saturated rings. The van der Waals surface area contributed by atoms with Gasteiger partial charge in [0.15, 0.2) is 11.5 Å². The van der Waals surface area contributed by atoms with E-state index in [1.54, 1.807) is 12.1 Å². The number of hydrogen-bond acceptors (Lipinski definition) is 7. The van der Waals surface area contributed by atoms with Crippen LogP contribution in [0.3, 0.4) is 0 Å². The van der Waals surface area contributed by atoms with Crippen molar-refractivity contribution in [1.82, 2.24) is 0 Å². The van der Waals surface area contributed by atoms with Gasteiger partial charge in [0.25, 0.3) is 0 Å². The number of carbonyl (C=O) groups is 1. The van der Waals surface area contributed by atoms with Gasteiger partial charge in [-0.25, -0.2) is 4.79 Å². The minimum Gasteiger partial charge on any atom is -0.493 e. The van der Waals surface area contributed by atoms with Crippen LogP contribution in [0.1, 0.15) is 21.7 Å². The summed E-state index contributed by atoms with van der Waals surface area (Å²) in [5.41, 5.74) is 0.858. The second kappa shape index (κ2) is 9.45. The maximum absolute atomic E-state index is 12.2. The van der Waals surface area contributed by atoms with Crippen molar-refractivity contribution in [2.45, 2.75) is 13.2 Å². The molecule has 0 saturated carbocycles. The van der Waals surface area contributed by atoms with Crippen LogP contribution in [-0.2, 0) is 18.0 Å². The van der Waals surface area contributed by atoms with Gasteiger partial charge in [0.2, 0.25) is 11.2 Å². The van der Waals surface area contributed by atoms with E-state index in [2.05, 4.69) is 0 Å². The molecule has 3 rings (SSSR count). The zero-order valence-corrected chi connectivity index (χ0v) is 16.0. The number of methoxy groups -OCH3 is 2. The van der Waals surface area contributed by atoms with E-state index >= 15 is 0 Å². The van der Waals surface area contributed by atoms with Gasteiger partial charge < -0.3 is 23.4 Å². The van der Waals surface area contributed by atoms with Crippen LogP contribution in [0.4, 0.5) is 0 Å². The molecule has 29 heavy (non-hydrogen) atoms. The van der Waals surface area contributed by atoms with Crippen molar-refractivity contribution >= 4 is 5.97 Å². The Morgan fingerprint density at radius 1 is 0.897 bits per heavy atom. The number of rotatable bonds is 8. The molecule has 1 aromatic heterocycles. The second-order valence-electron chi connectivity index (χ2n) is 6.00. The van der Waals surface area contributed by atoms with Crippen LogP contribution in [0, 0.1) is 0 Å². The van der Waals surface area contributed by atoms with Gasteiger partial charge in [-0.05, 0) is 23.8 Å². The van der Waals surface area contributed by atoms with Crippen LogP contribution in [-0.4, -0.2) is 20.2 Å². The van der Waals surface area contributed by atoms with Crippen molar-refractivity contribution in [2.24, 2.45) is 0 Å². The molecule has 3 aromatic rings. The third-order valence-electron chi connectivity index (χ3n) is 4.05. The molecule has 0 spiro atoms. The fourth-order valence-electron chi connectivity index (χ4n) is 2.54. The van der Waals surface area contributed by atoms with Crippen molar-refractivity contribution < 1.29 is 28.2 Å². The number of esters is 1. The lowest BCUT2D eigenvalue weighted by Gasteiger charge is -2.09. The molecule has 0 atom stereocenters. The molecule has 150 valence electrons. The zero-order chi connectivity index (χ0) is 20.6. The highest BCUT2D eigenvalue weighted by molar-refractivity contribution is 5.90. The Bertz CT molecular complexity index is 1020. The van der Waals surface area contributed by atoms with Gasteiger partial charge >= 0.3 is 5.97 Å². The van der Waals surface area contributed by atoms with Gasteiger partial charge in [0.1, 0.15) is 25.2 Å². The molecule has 1 heterocycles. The maximum Gasteiger partial charge on any atom is 0.338 e. The summed E-state index contributed by atoms with van der Waals surface area (Å²) in [4.78, 5) is 24.4. The molecule has 0 radical (unpaired) electrons. The number of hydrogen-bond donors (Lipinski definition) is 0. The van der Waals surface area contributed by atoms with E-state index in [1.165, 1.54) is 32.6 Å². The maximum atomic E-state index is 12.2. The van der Waals surface area contributed by atoms with Crippen LogP contribution < -0.4 is 19.6 Å². The largest absolute Gasteiger partial charge is 0.493 e. The standard InChI is InChI=1S/C22H20O7/c1-25-19-9-8-16(10-20(19)26-2)22(24)29-13-17-11-18(23)21(14-27-17)28-12-15-6-4-3-5-7-15/h3-11,14H,12-13H2,1-2H3. The molecule has 7 nitrogen and oxygen atoms in total. The normalized spacial score (nSPS) is 10.3. The Hall–Kier alpha value is -3.74. The first kappa shape index (κ1) is 20.0. The van der Waals surface area contributed by atoms with Crippen molar-refractivity contribution in [2.75, 3.05) is 14.2 Å². The van der Waals surface area contributed by atoms with E-state index < -0.39 is 5.97 Å². The summed E-state index contributed by atoms with van der Waals surface area (Å²) < 4.78 is 26.3. The highest BCUT2D eigenvalue weighted by Crippen LogP contribution is 2.27. The smallest absolute Gasteiger partial charge is 0.338 e. The Labute approximate surface area is 167 Å². The van der Waals surface area contributed by atoms with E-state index in [0.29, 0.717) is 11.5 Å². The monoisotopic (exact) mass is 396 g/mol. The third-order valence-corrected chi connectivity index (χ3v) is 4.05. The molecule has 0 amide bonds. The molecule has 7 heteroatoms. The molecule has 2 aromatic carbocycles. The number of ether oxygens (including phenoxy) is 4. The van der Waals surface area contributed by atoms with E-state index in [9.17, 15) is 9.59 Å². The van der Waals surface area contributed by atoms with Gasteiger partial charge in [-0.1, -0.05) is 30.3 Å². The second-order valence-corrected chi connectivity index (χ2v) is 6.00. The summed E-state index contributed by atoms with van der Waals surface area (Å²) in [6.07, 6.45) is 1.21. The van der Waals surface area contributed by atoms with Gasteiger partial charge in [-0.3, -0.25) is 4.79 Å². The van der Waals surface area contributed by atoms with Crippen LogP contribution >= 0.6 is 0 Å². The Balaban J connectivity index is 1.60. The highest BCUT2D eigenvalue weighted by atomic mass is 16.5. The summed E-state index contributed by atoms with van der Waals surface area (Å²) in [6.45, 7) is 0.0562. The van der Waals surface area contributed by atoms with Crippen molar-refractivity contribution in [1.29, 1.82) is 0 Å². The summed E-state index contributed by atoms with van der Waals surface area (Å²) >= 11 is 0. The van der Waals surface area contributed by atoms with Gasteiger partial charge in [0.05, 0.1) is 19.8 Å². The lowest BCUT2D eigenvalue weighted by Crippen LogP contribution is -2.10. The van der Waals surface area contributed by atoms with Gasteiger partial charge in [-0.2, -0.15) is 0 Å². The summed E-state index contributed by atoms with van der Waals surface area (Å²) in [5.74, 6) is 0.618. The predicted octanol–water partition coefficient (Wildman–Crippen LogP) is 3.59. The van der Waals surface area contributed by atoms with Crippen molar-refractivity contribution in [3.05, 3.63) is 88.0 Å². The van der Waals surface area contributed by atoms with Crippen LogP contribution in [0.15, 0.2) is 70.1 Å². The first-order chi connectivity index (χ1) is 14.1. The average molecular weight is 396 g/mol. The van der Waals surface area contributed by atoms with Gasteiger partial charge in [-0.15, -0.1) is 0 Å². The molecule has 0 bridgehead atoms. The van der Waals surface area contributed by atoms with E-state index in [-0.39, 0.29) is 35.7 Å². The SMILES string of the molecule is COc1ccc(C(=O)OCc2cc(=O)c(OCc3ccccc3)co2)cc1OC. The molecule has 0 unspecified atom stereocenters. The molecule has 0 aliphatic rings. The van der Waals surface area contributed by atoms with Crippen molar-refractivity contribution in [3.63, 3.8) is 0 Å². The topological polar surface area (TPSA) is 84.2 Å². The van der Waals surface area contributed by atoms with Crippen molar-refractivity contribution in [3.8, 4) is 17.2 Å². The molecule has 0 saturated heterocycles. The lowest BCUT2D eigenvalue weighted by molar-refractivity contribution is 0.0442. The minimum absolute atomic E-state index is 0.0869. The number of benzene rings is 2. The van der Waals surface area contributed by atoms with E-state index in [0.717, 1.165) is 5.56 Å². The lowest BCUT2D eigenvalue weighted by atomic mass is 10.2. The van der Waals surface area contributed by atoms with Gasteiger partial charge in [0, 0.05) is 6.07 Å². The predicted molar refractivity (Wildman–Crippen MR) is 104 cm³/mol. The molecule has 0 N–H and O–H groups in total. The Kier molecular flexibility index (Phi) is 6.52. The summed E-state index contributed by atoms with van der Waals surface area (Å²) in [6, 6.07) is 15.4. The van der Waals surface area contributed by atoms with Crippen LogP contribution in [0.5, 0.6) is 17.2 Å².